The molecule has 4 heteroatoms. The molecule has 16 heavy (non-hydrogen) atoms. The summed E-state index contributed by atoms with van der Waals surface area (Å²) in [5.74, 6) is 5.31. The molecular weight excluding hydrogens is 202 g/mol. The number of benzene rings is 1. The zero-order valence-corrected chi connectivity index (χ0v) is 9.86. The zero-order valence-electron chi connectivity index (χ0n) is 9.86. The first kappa shape index (κ1) is 12.5. The predicted molar refractivity (Wildman–Crippen MR) is 66.1 cm³/mol. The molecule has 1 amide bonds. The highest BCUT2D eigenvalue weighted by Gasteiger charge is 2.10. The van der Waals surface area contributed by atoms with Gasteiger partial charge in [-0.25, -0.2) is 0 Å². The molecule has 4 nitrogen and oxygen atoms in total. The number of nitrogen functional groups attached to an aromatic ring is 1. The predicted octanol–water partition coefficient (Wildman–Crippen LogP) is 1.84. The fraction of sp³-hybridized carbons (Fsp3) is 0.417. The molecule has 0 saturated carbocycles. The average molecular weight is 221 g/mol. The van der Waals surface area contributed by atoms with Crippen LogP contribution in [0.4, 0.5) is 5.69 Å². The first-order valence-electron chi connectivity index (χ1n) is 5.51. The van der Waals surface area contributed by atoms with E-state index < -0.39 is 0 Å². The van der Waals surface area contributed by atoms with E-state index in [0.29, 0.717) is 5.56 Å². The SMILES string of the molecule is CCCCN(C)C(=O)c1ccc(NN)cc1. The molecule has 0 unspecified atom stereocenters. The third-order valence-electron chi connectivity index (χ3n) is 2.49. The fourth-order valence-corrected chi connectivity index (χ4v) is 1.43. The van der Waals surface area contributed by atoms with Crippen molar-refractivity contribution in [2.45, 2.75) is 19.8 Å². The van der Waals surface area contributed by atoms with Crippen molar-refractivity contribution in [1.29, 1.82) is 0 Å². The molecule has 0 saturated heterocycles. The minimum Gasteiger partial charge on any atom is -0.342 e. The Morgan fingerprint density at radius 1 is 1.38 bits per heavy atom. The molecule has 0 aromatic heterocycles. The van der Waals surface area contributed by atoms with E-state index in [9.17, 15) is 4.79 Å². The van der Waals surface area contributed by atoms with E-state index in [1.807, 2.05) is 7.05 Å². The Hall–Kier alpha value is -1.55. The second kappa shape index (κ2) is 6.12. The quantitative estimate of drug-likeness (QED) is 0.589. The number of carbonyl (C=O) groups is 1. The van der Waals surface area contributed by atoms with Crippen molar-refractivity contribution in [3.63, 3.8) is 0 Å². The lowest BCUT2D eigenvalue weighted by molar-refractivity contribution is 0.0793. The highest BCUT2D eigenvalue weighted by Crippen LogP contribution is 2.10. The van der Waals surface area contributed by atoms with Gasteiger partial charge in [-0.2, -0.15) is 0 Å². The van der Waals surface area contributed by atoms with Crippen LogP contribution in [0.25, 0.3) is 0 Å². The van der Waals surface area contributed by atoms with Crippen molar-refractivity contribution < 1.29 is 4.79 Å². The Bertz CT molecular complexity index is 335. The molecule has 0 radical (unpaired) electrons. The molecule has 0 fully saturated rings. The van der Waals surface area contributed by atoms with Crippen molar-refractivity contribution in [2.75, 3.05) is 19.0 Å². The van der Waals surface area contributed by atoms with E-state index in [0.717, 1.165) is 25.1 Å². The summed E-state index contributed by atoms with van der Waals surface area (Å²) in [6.45, 7) is 2.91. The van der Waals surface area contributed by atoms with Crippen LogP contribution in [0.15, 0.2) is 24.3 Å². The van der Waals surface area contributed by atoms with Gasteiger partial charge in [-0.05, 0) is 30.7 Å². The summed E-state index contributed by atoms with van der Waals surface area (Å²) in [5.41, 5.74) is 4.02. The number of hydrazine groups is 1. The van der Waals surface area contributed by atoms with Crippen molar-refractivity contribution in [3.05, 3.63) is 29.8 Å². The van der Waals surface area contributed by atoms with Gasteiger partial charge in [-0.3, -0.25) is 10.6 Å². The smallest absolute Gasteiger partial charge is 0.253 e. The molecule has 0 aliphatic rings. The van der Waals surface area contributed by atoms with Crippen molar-refractivity contribution in [1.82, 2.24) is 4.90 Å². The van der Waals surface area contributed by atoms with Gasteiger partial charge in [-0.15, -0.1) is 0 Å². The summed E-state index contributed by atoms with van der Waals surface area (Å²) in [4.78, 5) is 13.7. The van der Waals surface area contributed by atoms with Crippen LogP contribution < -0.4 is 11.3 Å². The summed E-state index contributed by atoms with van der Waals surface area (Å²) in [7, 11) is 1.83. The Kier molecular flexibility index (Phi) is 4.79. The molecular formula is C12H19N3O. The Labute approximate surface area is 96.4 Å². The number of carbonyl (C=O) groups excluding carboxylic acids is 1. The van der Waals surface area contributed by atoms with Crippen LogP contribution in [0.2, 0.25) is 0 Å². The first-order chi connectivity index (χ1) is 7.69. The van der Waals surface area contributed by atoms with Crippen molar-refractivity contribution in [2.24, 2.45) is 5.84 Å². The minimum absolute atomic E-state index is 0.0528. The van der Waals surface area contributed by atoms with Crippen LogP contribution in [-0.2, 0) is 0 Å². The maximum absolute atomic E-state index is 11.9. The van der Waals surface area contributed by atoms with Gasteiger partial charge in [0.25, 0.3) is 5.91 Å². The standard InChI is InChI=1S/C12H19N3O/c1-3-4-9-15(2)12(16)10-5-7-11(14-13)8-6-10/h5-8,14H,3-4,9,13H2,1-2H3. The molecule has 0 spiro atoms. The van der Waals surface area contributed by atoms with E-state index in [4.69, 9.17) is 5.84 Å². The number of hydrogen-bond acceptors (Lipinski definition) is 3. The normalized spacial score (nSPS) is 9.94. The largest absolute Gasteiger partial charge is 0.342 e. The lowest BCUT2D eigenvalue weighted by Crippen LogP contribution is -2.27. The summed E-state index contributed by atoms with van der Waals surface area (Å²) in [6.07, 6.45) is 2.12. The van der Waals surface area contributed by atoms with Crippen LogP contribution in [0, 0.1) is 0 Å². The molecule has 3 N–H and O–H groups in total. The molecule has 1 rings (SSSR count). The third-order valence-corrected chi connectivity index (χ3v) is 2.49. The third kappa shape index (κ3) is 3.24. The van der Waals surface area contributed by atoms with Crippen LogP contribution in [0.5, 0.6) is 0 Å². The lowest BCUT2D eigenvalue weighted by atomic mass is 10.2. The molecule has 0 atom stereocenters. The molecule has 1 aromatic carbocycles. The monoisotopic (exact) mass is 221 g/mol. The molecule has 0 heterocycles. The number of amides is 1. The Morgan fingerprint density at radius 3 is 2.50 bits per heavy atom. The highest BCUT2D eigenvalue weighted by atomic mass is 16.2. The van der Waals surface area contributed by atoms with Gasteiger partial charge in [0.2, 0.25) is 0 Å². The number of anilines is 1. The van der Waals surface area contributed by atoms with Gasteiger partial charge in [0.1, 0.15) is 0 Å². The highest BCUT2D eigenvalue weighted by molar-refractivity contribution is 5.94. The summed E-state index contributed by atoms with van der Waals surface area (Å²) >= 11 is 0. The average Bonchev–Trinajstić information content (AvgIpc) is 2.35. The van der Waals surface area contributed by atoms with Crippen LogP contribution in [0.1, 0.15) is 30.1 Å². The maximum atomic E-state index is 11.9. The molecule has 0 aliphatic heterocycles. The van der Waals surface area contributed by atoms with Crippen LogP contribution in [0.3, 0.4) is 0 Å². The lowest BCUT2D eigenvalue weighted by Gasteiger charge is -2.16. The van der Waals surface area contributed by atoms with Gasteiger partial charge < -0.3 is 10.3 Å². The summed E-state index contributed by atoms with van der Waals surface area (Å²) in [6, 6.07) is 7.14. The second-order valence-corrected chi connectivity index (χ2v) is 3.80. The minimum atomic E-state index is 0.0528. The van der Waals surface area contributed by atoms with Gasteiger partial charge in [-0.1, -0.05) is 13.3 Å². The van der Waals surface area contributed by atoms with Crippen LogP contribution in [-0.4, -0.2) is 24.4 Å². The molecule has 0 aliphatic carbocycles. The first-order valence-corrected chi connectivity index (χ1v) is 5.51. The summed E-state index contributed by atoms with van der Waals surface area (Å²) < 4.78 is 0. The Morgan fingerprint density at radius 2 is 2.00 bits per heavy atom. The molecule has 0 bridgehead atoms. The van der Waals surface area contributed by atoms with Gasteiger partial charge in [0, 0.05) is 24.8 Å². The van der Waals surface area contributed by atoms with E-state index in [2.05, 4.69) is 12.3 Å². The number of nitrogens with two attached hydrogens (primary N) is 1. The van der Waals surface area contributed by atoms with Crippen molar-refractivity contribution >= 4 is 11.6 Å². The van der Waals surface area contributed by atoms with Crippen molar-refractivity contribution in [3.8, 4) is 0 Å². The molecule has 1 aromatic rings. The van der Waals surface area contributed by atoms with Crippen LogP contribution >= 0.6 is 0 Å². The van der Waals surface area contributed by atoms with Gasteiger partial charge >= 0.3 is 0 Å². The van der Waals surface area contributed by atoms with E-state index in [1.165, 1.54) is 0 Å². The summed E-state index contributed by atoms with van der Waals surface area (Å²) in [5, 5.41) is 0. The number of unbranched alkanes of at least 4 members (excludes halogenated alkanes) is 1. The number of hydrogen-bond donors (Lipinski definition) is 2. The number of nitrogens with zero attached hydrogens (tertiary/aromatic N) is 1. The van der Waals surface area contributed by atoms with Gasteiger partial charge in [0.15, 0.2) is 0 Å². The topological polar surface area (TPSA) is 58.4 Å². The zero-order chi connectivity index (χ0) is 12.0. The molecule has 88 valence electrons. The van der Waals surface area contributed by atoms with E-state index >= 15 is 0 Å². The van der Waals surface area contributed by atoms with E-state index in [1.54, 1.807) is 29.2 Å². The fourth-order valence-electron chi connectivity index (χ4n) is 1.43. The van der Waals surface area contributed by atoms with E-state index in [-0.39, 0.29) is 5.91 Å². The maximum Gasteiger partial charge on any atom is 0.253 e. The Balaban J connectivity index is 2.64. The van der Waals surface area contributed by atoms with Gasteiger partial charge in [0.05, 0.1) is 0 Å². The second-order valence-electron chi connectivity index (χ2n) is 3.80. The number of rotatable bonds is 5. The number of nitrogens with one attached hydrogen (secondary N) is 1.